The van der Waals surface area contributed by atoms with Gasteiger partial charge in [-0.15, -0.1) is 0 Å². The number of rotatable bonds is 6. The van der Waals surface area contributed by atoms with Crippen molar-refractivity contribution in [2.24, 2.45) is 0 Å². The summed E-state index contributed by atoms with van der Waals surface area (Å²) >= 11 is 0. The molecule has 0 saturated heterocycles. The molecule has 276 valence electrons. The molecule has 0 saturated carbocycles. The van der Waals surface area contributed by atoms with Gasteiger partial charge in [-0.3, -0.25) is 0 Å². The number of aromatic nitrogens is 4. The number of hydrogen-bond acceptors (Lipinski definition) is 5. The average Bonchev–Trinajstić information content (AvgIpc) is 3.85. The SMILES string of the molecule is Cc1ccc(-n2c3ccccc3c3cc(-c4nc(-c5cccc(-c6cccc(C#N)c6)c5)nc(-c5ccc6c(c5)oc5cccc(-c7ccccc7)c56)n4)ccc32)cc1. The van der Waals surface area contributed by atoms with Gasteiger partial charge in [-0.05, 0) is 102 Å². The molecule has 11 rings (SSSR count). The largest absolute Gasteiger partial charge is 0.456 e. The van der Waals surface area contributed by atoms with Crippen LogP contribution in [-0.4, -0.2) is 19.5 Å². The second-order valence-electron chi connectivity index (χ2n) is 14.9. The zero-order valence-corrected chi connectivity index (χ0v) is 32.0. The summed E-state index contributed by atoms with van der Waals surface area (Å²) in [4.78, 5) is 15.5. The number of para-hydroxylation sites is 1. The van der Waals surface area contributed by atoms with Gasteiger partial charge in [-0.2, -0.15) is 5.26 Å². The van der Waals surface area contributed by atoms with Crippen LogP contribution in [0.4, 0.5) is 0 Å². The van der Waals surface area contributed by atoms with Gasteiger partial charge in [0.2, 0.25) is 0 Å². The summed E-state index contributed by atoms with van der Waals surface area (Å²) in [6.07, 6.45) is 0. The third-order valence-corrected chi connectivity index (χ3v) is 11.1. The number of furan rings is 1. The third-order valence-electron chi connectivity index (χ3n) is 11.1. The number of nitriles is 1. The molecular weight excluding hydrogens is 723 g/mol. The fourth-order valence-electron chi connectivity index (χ4n) is 8.28. The highest BCUT2D eigenvalue weighted by molar-refractivity contribution is 6.13. The minimum absolute atomic E-state index is 0.537. The Hall–Kier alpha value is -8.14. The maximum Gasteiger partial charge on any atom is 0.164 e. The molecule has 0 radical (unpaired) electrons. The van der Waals surface area contributed by atoms with Crippen molar-refractivity contribution in [2.45, 2.75) is 6.92 Å². The van der Waals surface area contributed by atoms with Gasteiger partial charge in [-0.25, -0.2) is 15.0 Å². The summed E-state index contributed by atoms with van der Waals surface area (Å²) in [6.45, 7) is 2.11. The van der Waals surface area contributed by atoms with Crippen molar-refractivity contribution in [1.82, 2.24) is 19.5 Å². The van der Waals surface area contributed by atoms with E-state index in [-0.39, 0.29) is 0 Å². The van der Waals surface area contributed by atoms with E-state index in [1.807, 2.05) is 66.7 Å². The Kier molecular flexibility index (Phi) is 7.99. The van der Waals surface area contributed by atoms with E-state index in [0.717, 1.165) is 88.4 Å². The van der Waals surface area contributed by atoms with Crippen LogP contribution in [0.25, 0.3) is 106 Å². The molecule has 11 aromatic rings. The van der Waals surface area contributed by atoms with Crippen molar-refractivity contribution in [1.29, 1.82) is 5.26 Å². The van der Waals surface area contributed by atoms with Gasteiger partial charge in [-0.1, -0.05) is 115 Å². The topological polar surface area (TPSA) is 80.5 Å². The minimum atomic E-state index is 0.537. The van der Waals surface area contributed by atoms with Crippen molar-refractivity contribution in [2.75, 3.05) is 0 Å². The molecule has 0 aliphatic rings. The number of nitrogens with zero attached hydrogens (tertiary/aromatic N) is 5. The van der Waals surface area contributed by atoms with E-state index in [0.29, 0.717) is 23.0 Å². The fourth-order valence-corrected chi connectivity index (χ4v) is 8.28. The summed E-state index contributed by atoms with van der Waals surface area (Å²) in [5.41, 5.74) is 13.5. The van der Waals surface area contributed by atoms with Crippen molar-refractivity contribution >= 4 is 43.7 Å². The molecule has 6 heteroatoms. The maximum atomic E-state index is 9.60. The Labute approximate surface area is 339 Å². The van der Waals surface area contributed by atoms with Crippen LogP contribution in [0.3, 0.4) is 0 Å². The molecule has 8 aromatic carbocycles. The zero-order chi connectivity index (χ0) is 39.5. The predicted octanol–water partition coefficient (Wildman–Crippen LogP) is 13.4. The summed E-state index contributed by atoms with van der Waals surface area (Å²) < 4.78 is 8.84. The van der Waals surface area contributed by atoms with Crippen molar-refractivity contribution < 1.29 is 4.42 Å². The minimum Gasteiger partial charge on any atom is -0.456 e. The Balaban J connectivity index is 1.10. The van der Waals surface area contributed by atoms with E-state index >= 15 is 0 Å². The lowest BCUT2D eigenvalue weighted by atomic mass is 9.99. The van der Waals surface area contributed by atoms with Gasteiger partial charge in [0.05, 0.1) is 22.7 Å². The van der Waals surface area contributed by atoms with Crippen molar-refractivity contribution in [3.63, 3.8) is 0 Å². The van der Waals surface area contributed by atoms with Crippen LogP contribution < -0.4 is 0 Å². The first-order chi connectivity index (χ1) is 29.1. The van der Waals surface area contributed by atoms with E-state index in [9.17, 15) is 5.26 Å². The Bertz CT molecular complexity index is 3460. The number of aryl methyl sites for hydroxylation is 1. The van der Waals surface area contributed by atoms with Gasteiger partial charge in [0, 0.05) is 43.9 Å². The van der Waals surface area contributed by atoms with E-state index in [1.165, 1.54) is 5.56 Å². The molecule has 0 aliphatic heterocycles. The number of hydrogen-bond donors (Lipinski definition) is 0. The standard InChI is InChI=1S/C53H33N5O/c1-33-20-24-41(25-21-33)58-46-18-6-5-16-43(46)45-30-39(23-27-47(45)58)52-55-51(38-15-8-14-37(29-38)36-13-7-10-34(28-36)32-54)56-53(57-52)40-22-26-44-49(31-40)59-48-19-9-17-42(50(44)48)35-11-3-2-4-12-35/h2-31H,1H3. The van der Waals surface area contributed by atoms with Crippen LogP contribution in [0.1, 0.15) is 11.1 Å². The summed E-state index contributed by atoms with van der Waals surface area (Å²) in [5.74, 6) is 1.64. The third kappa shape index (κ3) is 5.92. The monoisotopic (exact) mass is 755 g/mol. The zero-order valence-electron chi connectivity index (χ0n) is 32.0. The first-order valence-corrected chi connectivity index (χ1v) is 19.6. The molecular formula is C53H33N5O. The van der Waals surface area contributed by atoms with Gasteiger partial charge < -0.3 is 8.98 Å². The predicted molar refractivity (Wildman–Crippen MR) is 238 cm³/mol. The Morgan fingerprint density at radius 2 is 1.08 bits per heavy atom. The molecule has 0 N–H and O–H groups in total. The number of benzene rings is 8. The van der Waals surface area contributed by atoms with Gasteiger partial charge >= 0.3 is 0 Å². The lowest BCUT2D eigenvalue weighted by molar-refractivity contribution is 0.669. The van der Waals surface area contributed by atoms with Gasteiger partial charge in [0.25, 0.3) is 0 Å². The molecule has 0 atom stereocenters. The first-order valence-electron chi connectivity index (χ1n) is 19.6. The van der Waals surface area contributed by atoms with E-state index in [1.54, 1.807) is 0 Å². The smallest absolute Gasteiger partial charge is 0.164 e. The second kappa shape index (κ2) is 13.8. The summed E-state index contributed by atoms with van der Waals surface area (Å²) in [7, 11) is 0. The molecule has 0 spiro atoms. The van der Waals surface area contributed by atoms with Crippen LogP contribution in [0.5, 0.6) is 0 Å². The van der Waals surface area contributed by atoms with E-state index in [4.69, 9.17) is 19.4 Å². The lowest BCUT2D eigenvalue weighted by Crippen LogP contribution is -2.00. The van der Waals surface area contributed by atoms with Crippen molar-refractivity contribution in [3.8, 4) is 68.2 Å². The van der Waals surface area contributed by atoms with Gasteiger partial charge in [0.15, 0.2) is 17.5 Å². The molecule has 3 aromatic heterocycles. The van der Waals surface area contributed by atoms with E-state index in [2.05, 4.69) is 133 Å². The van der Waals surface area contributed by atoms with Crippen LogP contribution in [0, 0.1) is 18.3 Å². The molecule has 59 heavy (non-hydrogen) atoms. The summed E-state index contributed by atoms with van der Waals surface area (Å²) in [6, 6.07) is 64.5. The van der Waals surface area contributed by atoms with Crippen LogP contribution in [0.15, 0.2) is 186 Å². The molecule has 0 unspecified atom stereocenters. The molecule has 3 heterocycles. The molecule has 0 fully saturated rings. The molecule has 6 nitrogen and oxygen atoms in total. The van der Waals surface area contributed by atoms with Gasteiger partial charge in [0.1, 0.15) is 11.2 Å². The summed E-state index contributed by atoms with van der Waals surface area (Å²) in [5, 5.41) is 14.0. The van der Waals surface area contributed by atoms with Crippen LogP contribution >= 0.6 is 0 Å². The normalized spacial score (nSPS) is 11.5. The van der Waals surface area contributed by atoms with Crippen molar-refractivity contribution in [3.05, 3.63) is 193 Å². The highest BCUT2D eigenvalue weighted by Gasteiger charge is 2.19. The number of fused-ring (bicyclic) bond motifs is 6. The molecule has 0 aliphatic carbocycles. The Morgan fingerprint density at radius 1 is 0.458 bits per heavy atom. The fraction of sp³-hybridized carbons (Fsp3) is 0.0189. The first kappa shape index (κ1) is 34.1. The van der Waals surface area contributed by atoms with Crippen LogP contribution in [-0.2, 0) is 0 Å². The molecule has 0 amide bonds. The molecule has 0 bridgehead atoms. The van der Waals surface area contributed by atoms with E-state index < -0.39 is 0 Å². The highest BCUT2D eigenvalue weighted by Crippen LogP contribution is 2.39. The Morgan fingerprint density at radius 3 is 1.88 bits per heavy atom. The van der Waals surface area contributed by atoms with Crippen LogP contribution in [0.2, 0.25) is 0 Å². The average molecular weight is 756 g/mol. The lowest BCUT2D eigenvalue weighted by Gasteiger charge is -2.11. The maximum absolute atomic E-state index is 9.60. The quantitative estimate of drug-likeness (QED) is 0.169. The highest BCUT2D eigenvalue weighted by atomic mass is 16.3. The second-order valence-corrected chi connectivity index (χ2v) is 14.9.